The van der Waals surface area contributed by atoms with Crippen molar-refractivity contribution in [2.45, 2.75) is 37.5 Å². The molecule has 4 saturated carbocycles. The van der Waals surface area contributed by atoms with Gasteiger partial charge in [0.05, 0.1) is 11.6 Å². The van der Waals surface area contributed by atoms with Crippen LogP contribution in [-0.2, 0) is 5.41 Å². The van der Waals surface area contributed by atoms with E-state index in [1.165, 1.54) is 71.0 Å². The van der Waals surface area contributed by atoms with E-state index in [1.807, 2.05) is 48.5 Å². The second-order valence-corrected chi connectivity index (χ2v) is 17.1. The molecule has 5 aliphatic rings. The topological polar surface area (TPSA) is 62.5 Å². The van der Waals surface area contributed by atoms with Gasteiger partial charge in [-0.15, -0.1) is 0 Å². The maximum atomic E-state index is 9.93. The fraction of sp³-hybridized carbons (Fsp3) is 0.185. The van der Waals surface area contributed by atoms with Crippen molar-refractivity contribution in [1.82, 2.24) is 15.0 Å². The van der Waals surface area contributed by atoms with Gasteiger partial charge in [0, 0.05) is 27.5 Å². The van der Waals surface area contributed by atoms with E-state index >= 15 is 0 Å². The van der Waals surface area contributed by atoms with Crippen LogP contribution in [-0.4, -0.2) is 15.0 Å². The Morgan fingerprint density at radius 1 is 0.414 bits per heavy atom. The fourth-order valence-electron chi connectivity index (χ4n) is 12.0. The molecule has 1 aromatic heterocycles. The molecule has 4 nitrogen and oxygen atoms in total. The Labute approximate surface area is 338 Å². The van der Waals surface area contributed by atoms with Crippen LogP contribution in [0, 0.1) is 35.0 Å². The van der Waals surface area contributed by atoms with E-state index in [9.17, 15) is 5.26 Å². The van der Waals surface area contributed by atoms with E-state index in [4.69, 9.17) is 15.0 Å². The Kier molecular flexibility index (Phi) is 7.45. The molecule has 0 unspecified atom stereocenters. The highest BCUT2D eigenvalue weighted by Gasteiger charge is 2.61. The number of nitriles is 1. The third kappa shape index (κ3) is 5.02. The molecule has 1 spiro atoms. The Hall–Kier alpha value is -6.70. The van der Waals surface area contributed by atoms with E-state index in [0.29, 0.717) is 29.3 Å². The van der Waals surface area contributed by atoms with E-state index < -0.39 is 0 Å². The van der Waals surface area contributed by atoms with Gasteiger partial charge in [-0.3, -0.25) is 0 Å². The molecule has 1 heterocycles. The molecule has 4 heteroatoms. The van der Waals surface area contributed by atoms with Crippen molar-refractivity contribution in [3.63, 3.8) is 0 Å². The third-order valence-electron chi connectivity index (χ3n) is 14.2. The van der Waals surface area contributed by atoms with Crippen molar-refractivity contribution in [3.05, 3.63) is 174 Å². The third-order valence-corrected chi connectivity index (χ3v) is 14.2. The molecule has 0 radical (unpaired) electrons. The average molecular weight is 745 g/mol. The van der Waals surface area contributed by atoms with Gasteiger partial charge in [-0.1, -0.05) is 133 Å². The Bertz CT molecular complexity index is 2890. The first-order chi connectivity index (χ1) is 28.6. The van der Waals surface area contributed by atoms with Crippen molar-refractivity contribution >= 4 is 10.8 Å². The lowest BCUT2D eigenvalue weighted by atomic mass is 9.43. The lowest BCUT2D eigenvalue weighted by Crippen LogP contribution is -2.55. The first kappa shape index (κ1) is 33.4. The molecule has 13 rings (SSSR count). The van der Waals surface area contributed by atoms with E-state index in [1.54, 1.807) is 0 Å². The molecule has 4 bridgehead atoms. The highest BCUT2D eigenvalue weighted by atomic mass is 15.0. The van der Waals surface area contributed by atoms with E-state index in [2.05, 4.69) is 115 Å². The minimum Gasteiger partial charge on any atom is -0.208 e. The normalized spacial score (nSPS) is 22.2. The summed E-state index contributed by atoms with van der Waals surface area (Å²) in [6, 6.07) is 58.7. The standard InChI is InChI=1S/C54H40N4/c55-32-41-19-21-45(46-17-8-7-16-44(41)46)39-18-22-47-48-30-38(20-23-49(48)54(50(47)31-39)42-25-33-24-34(27-42)28-43(54)26-33)37-14-9-15-40(29-37)53-57-51(35-10-3-1-4-11-35)56-52(58-53)36-12-5-2-6-13-36/h1-23,29-31,33-34,42-43H,24-28H2. The summed E-state index contributed by atoms with van der Waals surface area (Å²) in [6.45, 7) is 0. The number of hydrogen-bond donors (Lipinski definition) is 0. The first-order valence-corrected chi connectivity index (χ1v) is 20.8. The fourth-order valence-corrected chi connectivity index (χ4v) is 12.0. The smallest absolute Gasteiger partial charge is 0.164 e. The van der Waals surface area contributed by atoms with Crippen LogP contribution in [0.3, 0.4) is 0 Å². The molecule has 8 aromatic rings. The van der Waals surface area contributed by atoms with Crippen LogP contribution in [0.2, 0.25) is 0 Å². The summed E-state index contributed by atoms with van der Waals surface area (Å²) in [7, 11) is 0. The van der Waals surface area contributed by atoms with Crippen LogP contribution in [0.15, 0.2) is 158 Å². The predicted octanol–water partition coefficient (Wildman–Crippen LogP) is 13.0. The van der Waals surface area contributed by atoms with E-state index in [-0.39, 0.29) is 5.41 Å². The quantitative estimate of drug-likeness (QED) is 0.176. The summed E-state index contributed by atoms with van der Waals surface area (Å²) in [5.41, 5.74) is 14.3. The summed E-state index contributed by atoms with van der Waals surface area (Å²) in [6.07, 6.45) is 6.77. The van der Waals surface area contributed by atoms with Crippen LogP contribution >= 0.6 is 0 Å². The van der Waals surface area contributed by atoms with Gasteiger partial charge in [-0.05, 0) is 130 Å². The second-order valence-electron chi connectivity index (χ2n) is 17.1. The van der Waals surface area contributed by atoms with Crippen LogP contribution in [0.4, 0.5) is 0 Å². The van der Waals surface area contributed by atoms with Gasteiger partial charge in [0.15, 0.2) is 17.5 Å². The predicted molar refractivity (Wildman–Crippen MR) is 232 cm³/mol. The van der Waals surface area contributed by atoms with Crippen LogP contribution in [0.25, 0.3) is 78.3 Å². The summed E-state index contributed by atoms with van der Waals surface area (Å²) in [5.74, 6) is 5.05. The monoisotopic (exact) mass is 744 g/mol. The molecule has 58 heavy (non-hydrogen) atoms. The SMILES string of the molecule is N#Cc1ccc(-c2ccc3c(c2)C2(c4ccc(-c5cccc(-c6nc(-c7ccccc7)nc(-c7ccccc7)n6)c5)cc4-3)C3CC4CC(C3)CC2C4)c2ccccc12. The first-order valence-electron chi connectivity index (χ1n) is 20.8. The van der Waals surface area contributed by atoms with Crippen molar-refractivity contribution in [2.24, 2.45) is 23.7 Å². The molecule has 0 N–H and O–H groups in total. The van der Waals surface area contributed by atoms with Gasteiger partial charge in [0.25, 0.3) is 0 Å². The Balaban J connectivity index is 0.999. The van der Waals surface area contributed by atoms with Crippen LogP contribution < -0.4 is 0 Å². The van der Waals surface area contributed by atoms with Gasteiger partial charge >= 0.3 is 0 Å². The van der Waals surface area contributed by atoms with Gasteiger partial charge in [0.1, 0.15) is 0 Å². The zero-order valence-electron chi connectivity index (χ0n) is 32.1. The minimum atomic E-state index is 0.0312. The average Bonchev–Trinajstić information content (AvgIpc) is 3.57. The van der Waals surface area contributed by atoms with Crippen LogP contribution in [0.1, 0.15) is 48.8 Å². The molecular weight excluding hydrogens is 705 g/mol. The molecule has 276 valence electrons. The number of benzene rings is 7. The Morgan fingerprint density at radius 2 is 0.966 bits per heavy atom. The number of fused-ring (bicyclic) bond motifs is 4. The van der Waals surface area contributed by atoms with Gasteiger partial charge < -0.3 is 0 Å². The lowest BCUT2D eigenvalue weighted by Gasteiger charge is -2.61. The number of rotatable bonds is 5. The Morgan fingerprint density at radius 3 is 1.64 bits per heavy atom. The van der Waals surface area contributed by atoms with Gasteiger partial charge in [0.2, 0.25) is 0 Å². The molecule has 7 aromatic carbocycles. The summed E-state index contributed by atoms with van der Waals surface area (Å²) in [5, 5.41) is 12.1. The minimum absolute atomic E-state index is 0.0312. The second kappa shape index (κ2) is 12.9. The molecule has 5 aliphatic carbocycles. The largest absolute Gasteiger partial charge is 0.208 e. The highest BCUT2D eigenvalue weighted by molar-refractivity contribution is 6.00. The molecule has 0 aliphatic heterocycles. The molecule has 0 amide bonds. The maximum Gasteiger partial charge on any atom is 0.164 e. The number of hydrogen-bond acceptors (Lipinski definition) is 4. The van der Waals surface area contributed by atoms with Crippen molar-refractivity contribution < 1.29 is 0 Å². The maximum absolute atomic E-state index is 9.93. The van der Waals surface area contributed by atoms with Crippen molar-refractivity contribution in [3.8, 4) is 73.6 Å². The van der Waals surface area contributed by atoms with Crippen LogP contribution in [0.5, 0.6) is 0 Å². The molecule has 4 fully saturated rings. The van der Waals surface area contributed by atoms with Crippen molar-refractivity contribution in [2.75, 3.05) is 0 Å². The zero-order valence-corrected chi connectivity index (χ0v) is 32.1. The summed E-state index contributed by atoms with van der Waals surface area (Å²) in [4.78, 5) is 15.0. The number of aromatic nitrogens is 3. The van der Waals surface area contributed by atoms with Gasteiger partial charge in [-0.25, -0.2) is 15.0 Å². The highest BCUT2D eigenvalue weighted by Crippen LogP contribution is 2.69. The molecular formula is C54H40N4. The summed E-state index contributed by atoms with van der Waals surface area (Å²) >= 11 is 0. The van der Waals surface area contributed by atoms with E-state index in [0.717, 1.165) is 50.4 Å². The molecule has 0 atom stereocenters. The van der Waals surface area contributed by atoms with Crippen molar-refractivity contribution in [1.29, 1.82) is 5.26 Å². The number of nitrogens with zero attached hydrogens (tertiary/aromatic N) is 4. The molecule has 0 saturated heterocycles. The zero-order chi connectivity index (χ0) is 38.4. The van der Waals surface area contributed by atoms with Gasteiger partial charge in [-0.2, -0.15) is 5.26 Å². The summed E-state index contributed by atoms with van der Waals surface area (Å²) < 4.78 is 0. The lowest BCUT2D eigenvalue weighted by molar-refractivity contribution is -0.0399.